The fraction of sp³-hybridized carbons (Fsp3) is 0.647. The Morgan fingerprint density at radius 1 is 1.35 bits per heavy atom. The zero-order valence-corrected chi connectivity index (χ0v) is 15.0. The molecule has 4 rings (SSSR count). The van der Waals surface area contributed by atoms with Gasteiger partial charge in [-0.25, -0.2) is 4.68 Å². The van der Waals surface area contributed by atoms with Crippen LogP contribution in [0.15, 0.2) is 24.7 Å². The van der Waals surface area contributed by atoms with Gasteiger partial charge in [0.1, 0.15) is 6.61 Å². The third-order valence-corrected chi connectivity index (χ3v) is 5.08. The van der Waals surface area contributed by atoms with E-state index >= 15 is 0 Å². The summed E-state index contributed by atoms with van der Waals surface area (Å²) in [5.74, 6) is 0.592. The van der Waals surface area contributed by atoms with Crippen LogP contribution in [0.25, 0.3) is 0 Å². The van der Waals surface area contributed by atoms with Crippen LogP contribution in [0.1, 0.15) is 24.6 Å². The van der Waals surface area contributed by atoms with Crippen molar-refractivity contribution in [3.05, 3.63) is 30.4 Å². The van der Waals surface area contributed by atoms with Gasteiger partial charge in [0.25, 0.3) is 0 Å². The van der Waals surface area contributed by atoms with Gasteiger partial charge in [0.15, 0.2) is 0 Å². The smallest absolute Gasteiger partial charge is 0.246 e. The normalized spacial score (nSPS) is 23.4. The first-order valence-corrected chi connectivity index (χ1v) is 9.11. The van der Waals surface area contributed by atoms with Gasteiger partial charge < -0.3 is 10.1 Å². The second-order valence-electron chi connectivity index (χ2n) is 7.22. The first kappa shape index (κ1) is 17.2. The maximum atomic E-state index is 12.3. The van der Waals surface area contributed by atoms with Gasteiger partial charge in [-0.2, -0.15) is 5.10 Å². The number of aromatic nitrogens is 5. The molecule has 3 heterocycles. The molecule has 0 radical (unpaired) electrons. The number of nitrogens with one attached hydrogen (secondary N) is 1. The second kappa shape index (κ2) is 7.55. The average Bonchev–Trinajstić information content (AvgIpc) is 2.99. The molecule has 1 aliphatic carbocycles. The largest absolute Gasteiger partial charge is 0.371 e. The van der Waals surface area contributed by atoms with Crippen LogP contribution in [0, 0.1) is 5.92 Å². The minimum absolute atomic E-state index is 0.0260. The van der Waals surface area contributed by atoms with Gasteiger partial charge in [-0.1, -0.05) is 5.21 Å². The quantitative estimate of drug-likeness (QED) is 0.712. The van der Waals surface area contributed by atoms with Gasteiger partial charge in [-0.05, 0) is 24.8 Å². The van der Waals surface area contributed by atoms with Crippen LogP contribution in [0.2, 0.25) is 0 Å². The lowest BCUT2D eigenvalue weighted by molar-refractivity contribution is -0.126. The molecule has 0 unspecified atom stereocenters. The lowest BCUT2D eigenvalue weighted by Crippen LogP contribution is -2.43. The van der Waals surface area contributed by atoms with Crippen molar-refractivity contribution in [3.63, 3.8) is 0 Å². The molecule has 2 aromatic rings. The highest BCUT2D eigenvalue weighted by atomic mass is 16.5. The minimum atomic E-state index is -0.0665. The lowest BCUT2D eigenvalue weighted by Gasteiger charge is -2.19. The SMILES string of the molecule is Cn1nccc1CN1C[C@@H](NC(=O)COCC2CC2)[C@@H](n2ccnn2)C1. The van der Waals surface area contributed by atoms with Crippen molar-refractivity contribution in [1.29, 1.82) is 0 Å². The van der Waals surface area contributed by atoms with Gasteiger partial charge in [0, 0.05) is 39.1 Å². The Labute approximate surface area is 152 Å². The minimum Gasteiger partial charge on any atom is -0.371 e. The van der Waals surface area contributed by atoms with Gasteiger partial charge in [-0.3, -0.25) is 14.4 Å². The van der Waals surface area contributed by atoms with Gasteiger partial charge in [0.05, 0.1) is 30.6 Å². The number of carbonyl (C=O) groups excluding carboxylic acids is 1. The first-order chi connectivity index (χ1) is 12.7. The highest BCUT2D eigenvalue weighted by Gasteiger charge is 2.36. The van der Waals surface area contributed by atoms with E-state index in [1.807, 2.05) is 28.7 Å². The van der Waals surface area contributed by atoms with E-state index in [9.17, 15) is 4.79 Å². The zero-order chi connectivity index (χ0) is 17.9. The number of nitrogens with zero attached hydrogens (tertiary/aromatic N) is 6. The molecule has 1 N–H and O–H groups in total. The van der Waals surface area contributed by atoms with Crippen molar-refractivity contribution < 1.29 is 9.53 Å². The molecule has 2 atom stereocenters. The van der Waals surface area contributed by atoms with Gasteiger partial charge >= 0.3 is 0 Å². The van der Waals surface area contributed by atoms with Crippen molar-refractivity contribution in [3.8, 4) is 0 Å². The Morgan fingerprint density at radius 3 is 2.92 bits per heavy atom. The molecule has 26 heavy (non-hydrogen) atoms. The molecular formula is C17H25N7O2. The van der Waals surface area contributed by atoms with Crippen LogP contribution >= 0.6 is 0 Å². The summed E-state index contributed by atoms with van der Waals surface area (Å²) in [7, 11) is 1.94. The average molecular weight is 359 g/mol. The molecule has 1 saturated carbocycles. The van der Waals surface area contributed by atoms with E-state index in [2.05, 4.69) is 25.6 Å². The monoisotopic (exact) mass is 359 g/mol. The van der Waals surface area contributed by atoms with Crippen LogP contribution in [0.4, 0.5) is 0 Å². The predicted octanol–water partition coefficient (Wildman–Crippen LogP) is -0.0201. The summed E-state index contributed by atoms with van der Waals surface area (Å²) in [5.41, 5.74) is 1.14. The molecule has 2 aliphatic rings. The fourth-order valence-electron chi connectivity index (χ4n) is 3.44. The third kappa shape index (κ3) is 4.10. The van der Waals surface area contributed by atoms with Crippen LogP contribution < -0.4 is 5.32 Å². The molecule has 0 bridgehead atoms. The molecular weight excluding hydrogens is 334 g/mol. The summed E-state index contributed by atoms with van der Waals surface area (Å²) in [5, 5.41) is 15.4. The van der Waals surface area contributed by atoms with Crippen molar-refractivity contribution >= 4 is 5.91 Å². The third-order valence-electron chi connectivity index (χ3n) is 5.08. The number of hydrogen-bond donors (Lipinski definition) is 1. The first-order valence-electron chi connectivity index (χ1n) is 9.11. The Morgan fingerprint density at radius 2 is 2.23 bits per heavy atom. The number of amides is 1. The van der Waals surface area contributed by atoms with Crippen LogP contribution in [-0.4, -0.2) is 67.9 Å². The number of aryl methyl sites for hydroxylation is 1. The summed E-state index contributed by atoms with van der Waals surface area (Å²) >= 11 is 0. The summed E-state index contributed by atoms with van der Waals surface area (Å²) < 4.78 is 9.22. The topological polar surface area (TPSA) is 90.1 Å². The summed E-state index contributed by atoms with van der Waals surface area (Å²) in [4.78, 5) is 14.6. The maximum absolute atomic E-state index is 12.3. The molecule has 1 saturated heterocycles. The molecule has 140 valence electrons. The molecule has 2 fully saturated rings. The number of ether oxygens (including phenoxy) is 1. The number of hydrogen-bond acceptors (Lipinski definition) is 6. The van der Waals surface area contributed by atoms with E-state index in [1.54, 1.807) is 12.4 Å². The van der Waals surface area contributed by atoms with Crippen molar-refractivity contribution in [2.45, 2.75) is 31.5 Å². The van der Waals surface area contributed by atoms with Gasteiger partial charge in [-0.15, -0.1) is 5.10 Å². The Balaban J connectivity index is 1.37. The maximum Gasteiger partial charge on any atom is 0.246 e. The van der Waals surface area contributed by atoms with E-state index in [0.717, 1.165) is 25.3 Å². The molecule has 9 nitrogen and oxygen atoms in total. The van der Waals surface area contributed by atoms with E-state index in [4.69, 9.17) is 4.74 Å². The molecule has 2 aromatic heterocycles. The summed E-state index contributed by atoms with van der Waals surface area (Å²) in [6, 6.07) is 2.04. The van der Waals surface area contributed by atoms with Gasteiger partial charge in [0.2, 0.25) is 5.91 Å². The second-order valence-corrected chi connectivity index (χ2v) is 7.22. The van der Waals surface area contributed by atoms with Crippen LogP contribution in [0.3, 0.4) is 0 Å². The highest BCUT2D eigenvalue weighted by Crippen LogP contribution is 2.28. The predicted molar refractivity (Wildman–Crippen MR) is 93.0 cm³/mol. The van der Waals surface area contributed by atoms with Crippen molar-refractivity contribution in [1.82, 2.24) is 35.0 Å². The molecule has 9 heteroatoms. The zero-order valence-electron chi connectivity index (χ0n) is 15.0. The Hall–Kier alpha value is -2.26. The van der Waals surface area contributed by atoms with Crippen molar-refractivity contribution in [2.24, 2.45) is 13.0 Å². The van der Waals surface area contributed by atoms with E-state index in [0.29, 0.717) is 12.5 Å². The lowest BCUT2D eigenvalue weighted by atomic mass is 10.2. The summed E-state index contributed by atoms with van der Waals surface area (Å²) in [6.07, 6.45) is 7.77. The highest BCUT2D eigenvalue weighted by molar-refractivity contribution is 5.77. The Kier molecular flexibility index (Phi) is 4.98. The molecule has 1 aliphatic heterocycles. The fourth-order valence-corrected chi connectivity index (χ4v) is 3.44. The Bertz CT molecular complexity index is 725. The van der Waals surface area contributed by atoms with E-state index in [-0.39, 0.29) is 24.6 Å². The van der Waals surface area contributed by atoms with Crippen molar-refractivity contribution in [2.75, 3.05) is 26.3 Å². The standard InChI is InChI=1S/C17H25N7O2/c1-22-14(4-5-19-22)8-23-9-15(16(10-23)24-7-6-18-21-24)20-17(25)12-26-11-13-2-3-13/h4-7,13,15-16H,2-3,8-12H2,1H3,(H,20,25)/t15-,16+/m1/s1. The summed E-state index contributed by atoms with van der Waals surface area (Å²) in [6.45, 7) is 3.15. The van der Waals surface area contributed by atoms with Crippen LogP contribution in [0.5, 0.6) is 0 Å². The number of rotatable bonds is 8. The van der Waals surface area contributed by atoms with Crippen LogP contribution in [-0.2, 0) is 23.1 Å². The number of likely N-dealkylation sites (tertiary alicyclic amines) is 1. The molecule has 0 spiro atoms. The molecule has 1 amide bonds. The number of carbonyl (C=O) groups is 1. The van der Waals surface area contributed by atoms with E-state index < -0.39 is 0 Å². The molecule has 0 aromatic carbocycles. The van der Waals surface area contributed by atoms with E-state index in [1.165, 1.54) is 12.8 Å².